The summed E-state index contributed by atoms with van der Waals surface area (Å²) < 4.78 is 7.67. The average Bonchev–Trinajstić information content (AvgIpc) is 3.26. The Kier molecular flexibility index (Phi) is 6.07. The fourth-order valence-electron chi connectivity index (χ4n) is 3.84. The summed E-state index contributed by atoms with van der Waals surface area (Å²) in [6.07, 6.45) is 11.0. The van der Waals surface area contributed by atoms with Crippen molar-refractivity contribution in [3.05, 3.63) is 60.3 Å². The van der Waals surface area contributed by atoms with E-state index in [9.17, 15) is 4.79 Å². The zero-order valence-electron chi connectivity index (χ0n) is 17.4. The molecule has 1 N–H and O–H groups in total. The Morgan fingerprint density at radius 3 is 2.73 bits per heavy atom. The number of carbonyl (C=O) groups excluding carboxylic acids is 1. The molecule has 1 fully saturated rings. The van der Waals surface area contributed by atoms with Gasteiger partial charge in [-0.1, -0.05) is 6.07 Å². The highest BCUT2D eigenvalue weighted by atomic mass is 16.5. The third-order valence-corrected chi connectivity index (χ3v) is 5.76. The summed E-state index contributed by atoms with van der Waals surface area (Å²) in [5.74, 6) is 0.664. The monoisotopic (exact) mass is 405 g/mol. The van der Waals surface area contributed by atoms with Gasteiger partial charge in [0, 0.05) is 24.0 Å². The molecule has 1 amide bonds. The van der Waals surface area contributed by atoms with Crippen molar-refractivity contribution < 1.29 is 9.53 Å². The van der Waals surface area contributed by atoms with Gasteiger partial charge in [-0.2, -0.15) is 5.10 Å². The molecule has 0 atom stereocenters. The fraction of sp³-hybridized carbons (Fsp3) is 0.391. The number of carbonyl (C=O) groups is 1. The quantitative estimate of drug-likeness (QED) is 0.677. The van der Waals surface area contributed by atoms with Crippen molar-refractivity contribution in [1.29, 1.82) is 0 Å². The van der Waals surface area contributed by atoms with Gasteiger partial charge in [0.2, 0.25) is 0 Å². The Morgan fingerprint density at radius 2 is 2.00 bits per heavy atom. The molecule has 1 aliphatic rings. The maximum atomic E-state index is 12.3. The van der Waals surface area contributed by atoms with Gasteiger partial charge in [-0.25, -0.2) is 9.97 Å². The van der Waals surface area contributed by atoms with Crippen LogP contribution in [0.5, 0.6) is 5.75 Å². The molecule has 1 saturated carbocycles. The molecule has 1 aromatic carbocycles. The van der Waals surface area contributed by atoms with Crippen LogP contribution in [0, 0.1) is 13.8 Å². The van der Waals surface area contributed by atoms with Crippen molar-refractivity contribution in [2.75, 3.05) is 6.61 Å². The number of nitrogens with one attached hydrogen (secondary N) is 1. The van der Waals surface area contributed by atoms with Crippen LogP contribution in [0.15, 0.2) is 49.2 Å². The van der Waals surface area contributed by atoms with Gasteiger partial charge in [0.05, 0.1) is 17.9 Å². The minimum absolute atomic E-state index is 0.0455. The minimum Gasteiger partial charge on any atom is -0.484 e. The number of aryl methyl sites for hydroxylation is 2. The van der Waals surface area contributed by atoms with Crippen molar-refractivity contribution in [2.45, 2.75) is 51.6 Å². The van der Waals surface area contributed by atoms with Crippen LogP contribution in [0.2, 0.25) is 0 Å². The van der Waals surface area contributed by atoms with E-state index >= 15 is 0 Å². The number of ether oxygens (including phenoxy) is 1. The van der Waals surface area contributed by atoms with Crippen LogP contribution in [0.3, 0.4) is 0 Å². The summed E-state index contributed by atoms with van der Waals surface area (Å²) in [5, 5.41) is 7.63. The van der Waals surface area contributed by atoms with E-state index in [4.69, 9.17) is 4.74 Å². The minimum atomic E-state index is -0.0678. The number of benzene rings is 1. The predicted molar refractivity (Wildman–Crippen MR) is 114 cm³/mol. The lowest BCUT2D eigenvalue weighted by atomic mass is 9.91. The van der Waals surface area contributed by atoms with Gasteiger partial charge in [-0.3, -0.25) is 9.48 Å². The summed E-state index contributed by atoms with van der Waals surface area (Å²) >= 11 is 0. The largest absolute Gasteiger partial charge is 0.484 e. The molecule has 0 unspecified atom stereocenters. The molecule has 30 heavy (non-hydrogen) atoms. The Labute approximate surface area is 176 Å². The van der Waals surface area contributed by atoms with Crippen molar-refractivity contribution >= 4 is 5.91 Å². The third kappa shape index (κ3) is 4.84. The second-order valence-electron chi connectivity index (χ2n) is 7.91. The molecule has 0 bridgehead atoms. The zero-order chi connectivity index (χ0) is 20.9. The molecule has 0 saturated heterocycles. The topological polar surface area (TPSA) is 81.9 Å². The molecular formula is C23H27N5O2. The lowest BCUT2D eigenvalue weighted by Gasteiger charge is -2.29. The zero-order valence-corrected chi connectivity index (χ0v) is 17.4. The molecule has 2 aromatic heterocycles. The van der Waals surface area contributed by atoms with Gasteiger partial charge in [0.1, 0.15) is 12.1 Å². The summed E-state index contributed by atoms with van der Waals surface area (Å²) in [5.41, 5.74) is 4.25. The van der Waals surface area contributed by atoms with Gasteiger partial charge in [0.15, 0.2) is 6.61 Å². The van der Waals surface area contributed by atoms with E-state index in [0.29, 0.717) is 6.04 Å². The Morgan fingerprint density at radius 1 is 1.17 bits per heavy atom. The number of aromatic nitrogens is 4. The van der Waals surface area contributed by atoms with Gasteiger partial charge < -0.3 is 10.1 Å². The lowest BCUT2D eigenvalue weighted by molar-refractivity contribution is -0.124. The standard InChI is InChI=1S/C23H27N5O2/c1-16-3-8-21(11-17(16)2)30-14-23(29)27-19-4-6-20(7-5-19)28-13-18(12-26-28)22-9-10-24-15-25-22/h3,8-13,15,19-20H,4-7,14H2,1-2H3,(H,27,29). The second kappa shape index (κ2) is 9.07. The Hall–Kier alpha value is -3.22. The normalized spacial score (nSPS) is 18.7. The molecular weight excluding hydrogens is 378 g/mol. The first-order chi connectivity index (χ1) is 14.6. The van der Waals surface area contributed by atoms with E-state index < -0.39 is 0 Å². The number of hydrogen-bond acceptors (Lipinski definition) is 5. The highest BCUT2D eigenvalue weighted by Gasteiger charge is 2.24. The van der Waals surface area contributed by atoms with E-state index in [1.54, 1.807) is 12.5 Å². The Bertz CT molecular complexity index is 994. The van der Waals surface area contributed by atoms with Crippen LogP contribution in [-0.4, -0.2) is 38.3 Å². The van der Waals surface area contributed by atoms with Crippen molar-refractivity contribution in [3.63, 3.8) is 0 Å². The number of rotatable bonds is 6. The summed E-state index contributed by atoms with van der Waals surface area (Å²) in [6, 6.07) is 8.30. The smallest absolute Gasteiger partial charge is 0.258 e. The molecule has 0 spiro atoms. The fourth-order valence-corrected chi connectivity index (χ4v) is 3.84. The first-order valence-corrected chi connectivity index (χ1v) is 10.4. The molecule has 3 aromatic rings. The molecule has 7 heteroatoms. The van der Waals surface area contributed by atoms with Gasteiger partial charge >= 0.3 is 0 Å². The second-order valence-corrected chi connectivity index (χ2v) is 7.91. The van der Waals surface area contributed by atoms with Crippen LogP contribution in [0.25, 0.3) is 11.3 Å². The van der Waals surface area contributed by atoms with Crippen molar-refractivity contribution in [1.82, 2.24) is 25.1 Å². The van der Waals surface area contributed by atoms with E-state index in [-0.39, 0.29) is 18.6 Å². The third-order valence-electron chi connectivity index (χ3n) is 5.76. The molecule has 0 aliphatic heterocycles. The number of hydrogen-bond donors (Lipinski definition) is 1. The maximum Gasteiger partial charge on any atom is 0.258 e. The molecule has 0 radical (unpaired) electrons. The highest BCUT2D eigenvalue weighted by Crippen LogP contribution is 2.29. The molecule has 156 valence electrons. The Balaban J connectivity index is 1.24. The molecule has 1 aliphatic carbocycles. The molecule has 4 rings (SSSR count). The predicted octanol–water partition coefficient (Wildman–Crippen LogP) is 3.64. The van der Waals surface area contributed by atoms with Gasteiger partial charge in [-0.05, 0) is 68.9 Å². The van der Waals surface area contributed by atoms with Gasteiger partial charge in [-0.15, -0.1) is 0 Å². The van der Waals surface area contributed by atoms with Crippen LogP contribution < -0.4 is 10.1 Å². The van der Waals surface area contributed by atoms with E-state index in [2.05, 4.69) is 27.3 Å². The first kappa shape index (κ1) is 20.1. The average molecular weight is 406 g/mol. The van der Waals surface area contributed by atoms with Crippen LogP contribution in [0.4, 0.5) is 0 Å². The SMILES string of the molecule is Cc1ccc(OCC(=O)NC2CCC(n3cc(-c4ccncn4)cn3)CC2)cc1C. The summed E-state index contributed by atoms with van der Waals surface area (Å²) in [6.45, 7) is 4.14. The van der Waals surface area contributed by atoms with Crippen LogP contribution in [-0.2, 0) is 4.79 Å². The highest BCUT2D eigenvalue weighted by molar-refractivity contribution is 5.77. The maximum absolute atomic E-state index is 12.3. The molecule has 7 nitrogen and oxygen atoms in total. The van der Waals surface area contributed by atoms with E-state index in [1.807, 2.05) is 48.3 Å². The van der Waals surface area contributed by atoms with Crippen molar-refractivity contribution in [3.8, 4) is 17.0 Å². The summed E-state index contributed by atoms with van der Waals surface area (Å²) in [7, 11) is 0. The van der Waals surface area contributed by atoms with Crippen LogP contribution in [0.1, 0.15) is 42.9 Å². The van der Waals surface area contributed by atoms with Crippen molar-refractivity contribution in [2.24, 2.45) is 0 Å². The summed E-state index contributed by atoms with van der Waals surface area (Å²) in [4.78, 5) is 20.5. The first-order valence-electron chi connectivity index (χ1n) is 10.4. The molecule has 2 heterocycles. The van der Waals surface area contributed by atoms with E-state index in [0.717, 1.165) is 48.3 Å². The number of amides is 1. The van der Waals surface area contributed by atoms with E-state index in [1.165, 1.54) is 5.56 Å². The van der Waals surface area contributed by atoms with Gasteiger partial charge in [0.25, 0.3) is 5.91 Å². The van der Waals surface area contributed by atoms with Crippen LogP contribution >= 0.6 is 0 Å². The number of nitrogens with zero attached hydrogens (tertiary/aromatic N) is 4. The lowest BCUT2D eigenvalue weighted by Crippen LogP contribution is -2.40.